The van der Waals surface area contributed by atoms with Crippen LogP contribution < -0.4 is 10.6 Å². The van der Waals surface area contributed by atoms with Crippen LogP contribution in [0.25, 0.3) is 0 Å². The summed E-state index contributed by atoms with van der Waals surface area (Å²) in [5, 5.41) is 7.08. The van der Waals surface area contributed by atoms with Crippen molar-refractivity contribution >= 4 is 58.6 Å². The fraction of sp³-hybridized carbons (Fsp3) is 0.179. The van der Waals surface area contributed by atoms with E-state index in [1.54, 1.807) is 6.20 Å². The van der Waals surface area contributed by atoms with E-state index in [-0.39, 0.29) is 36.3 Å². The van der Waals surface area contributed by atoms with Gasteiger partial charge in [-0.1, -0.05) is 109 Å². The Labute approximate surface area is 313 Å². The van der Waals surface area contributed by atoms with E-state index in [4.69, 9.17) is 4.74 Å². The highest BCUT2D eigenvalue weighted by Crippen LogP contribution is 2.46. The number of aromatic nitrogens is 2. The normalized spacial score (nSPS) is 16.6. The number of esters is 1. The van der Waals surface area contributed by atoms with Crippen molar-refractivity contribution in [1.82, 2.24) is 25.5 Å². The molecule has 2 aliphatic heterocycles. The van der Waals surface area contributed by atoms with Gasteiger partial charge in [0.2, 0.25) is 11.8 Å². The molecular formula is C39H33N5O5S3. The van der Waals surface area contributed by atoms with E-state index in [0.717, 1.165) is 22.4 Å². The Balaban J connectivity index is 1.12. The van der Waals surface area contributed by atoms with Crippen LogP contribution in [0, 0.1) is 0 Å². The lowest BCUT2D eigenvalue weighted by molar-refractivity contribution is -0.154. The van der Waals surface area contributed by atoms with Crippen molar-refractivity contribution < 1.29 is 23.9 Å². The number of thioether (sulfide) groups is 2. The third-order valence-corrected chi connectivity index (χ3v) is 11.9. The van der Waals surface area contributed by atoms with Gasteiger partial charge in [0.1, 0.15) is 17.1 Å². The van der Waals surface area contributed by atoms with Gasteiger partial charge in [0, 0.05) is 22.2 Å². The number of pyridine rings is 1. The third-order valence-electron chi connectivity index (χ3n) is 8.36. The summed E-state index contributed by atoms with van der Waals surface area (Å²) < 4.78 is 6.89. The van der Waals surface area contributed by atoms with Gasteiger partial charge < -0.3 is 15.4 Å². The second-order valence-corrected chi connectivity index (χ2v) is 15.3. The molecule has 0 spiro atoms. The van der Waals surface area contributed by atoms with E-state index in [2.05, 4.69) is 20.6 Å². The smallest absolute Gasteiger partial charge is 0.356 e. The maximum Gasteiger partial charge on any atom is 0.356 e. The molecule has 0 aliphatic carbocycles. The number of rotatable bonds is 13. The van der Waals surface area contributed by atoms with E-state index in [0.29, 0.717) is 27.2 Å². The quantitative estimate of drug-likeness (QED) is 0.116. The molecule has 2 aromatic heterocycles. The minimum absolute atomic E-state index is 0.0828. The van der Waals surface area contributed by atoms with Crippen LogP contribution in [0.5, 0.6) is 0 Å². The van der Waals surface area contributed by atoms with Crippen molar-refractivity contribution in [2.45, 2.75) is 41.2 Å². The summed E-state index contributed by atoms with van der Waals surface area (Å²) >= 11 is 4.10. The molecule has 2 atom stereocenters. The van der Waals surface area contributed by atoms with Gasteiger partial charge in [-0.15, -0.1) is 23.1 Å². The van der Waals surface area contributed by atoms with Gasteiger partial charge in [0.25, 0.3) is 5.91 Å². The van der Waals surface area contributed by atoms with Crippen LogP contribution >= 0.6 is 34.9 Å². The van der Waals surface area contributed by atoms with E-state index >= 15 is 0 Å². The molecule has 2 aliphatic rings. The number of nitrogens with one attached hydrogen (secondary N) is 2. The number of β-lactam (4-membered cyclic amide) rings is 1. The predicted octanol–water partition coefficient (Wildman–Crippen LogP) is 5.68. The summed E-state index contributed by atoms with van der Waals surface area (Å²) in [6, 6.07) is 32.9. The first-order valence-corrected chi connectivity index (χ1v) is 19.3. The molecule has 3 amide bonds. The van der Waals surface area contributed by atoms with Crippen molar-refractivity contribution in [1.29, 1.82) is 0 Å². The van der Waals surface area contributed by atoms with Crippen LogP contribution in [0.3, 0.4) is 0 Å². The number of fused-ring (bicyclic) bond motifs is 1. The molecule has 1 fully saturated rings. The molecule has 0 saturated carbocycles. The highest BCUT2D eigenvalue weighted by atomic mass is 32.2. The van der Waals surface area contributed by atoms with Gasteiger partial charge in [0.15, 0.2) is 10.4 Å². The number of carbonyl (C=O) groups is 4. The van der Waals surface area contributed by atoms with Crippen molar-refractivity contribution in [3.8, 4) is 0 Å². The van der Waals surface area contributed by atoms with Gasteiger partial charge in [-0.25, -0.2) is 9.78 Å². The molecule has 5 aromatic rings. The van der Waals surface area contributed by atoms with Gasteiger partial charge in [-0.05, 0) is 28.8 Å². The second kappa shape index (κ2) is 16.4. The van der Waals surface area contributed by atoms with Crippen molar-refractivity contribution in [2.24, 2.45) is 0 Å². The molecule has 7 rings (SSSR count). The number of amides is 3. The predicted molar refractivity (Wildman–Crippen MR) is 201 cm³/mol. The van der Waals surface area contributed by atoms with E-state index in [1.807, 2.05) is 115 Å². The summed E-state index contributed by atoms with van der Waals surface area (Å²) in [5.74, 6) is -1.12. The van der Waals surface area contributed by atoms with Crippen molar-refractivity contribution in [3.05, 3.63) is 159 Å². The summed E-state index contributed by atoms with van der Waals surface area (Å²) in [6.07, 6.45) is 1.17. The average molecular weight is 748 g/mol. The minimum atomic E-state index is -0.786. The SMILES string of the molecule is O=C(Cc1csc(SC2=C(C(=O)OC(c3ccccc3)c3ccccc3)N3C(=O)[C@@H](NC(=O)Cc4ccccc4)[C@H]3SC2)n1)NCc1ccccn1. The van der Waals surface area contributed by atoms with E-state index in [9.17, 15) is 19.2 Å². The van der Waals surface area contributed by atoms with Crippen LogP contribution in [0.4, 0.5) is 0 Å². The molecule has 52 heavy (non-hydrogen) atoms. The molecule has 2 N–H and O–H groups in total. The first kappa shape index (κ1) is 35.2. The molecule has 0 bridgehead atoms. The summed E-state index contributed by atoms with van der Waals surface area (Å²) in [5.41, 5.74) is 3.88. The fourth-order valence-electron chi connectivity index (χ4n) is 5.85. The molecule has 4 heterocycles. The van der Waals surface area contributed by atoms with Gasteiger partial charge in [-0.2, -0.15) is 0 Å². The number of hydrogen-bond donors (Lipinski definition) is 2. The van der Waals surface area contributed by atoms with Crippen LogP contribution in [0.2, 0.25) is 0 Å². The Bertz CT molecular complexity index is 2040. The molecule has 1 saturated heterocycles. The van der Waals surface area contributed by atoms with Crippen LogP contribution in [0.15, 0.2) is 136 Å². The lowest BCUT2D eigenvalue weighted by Gasteiger charge is -2.49. The highest BCUT2D eigenvalue weighted by molar-refractivity contribution is 8.07. The topological polar surface area (TPSA) is 131 Å². The number of thiazole rings is 1. The van der Waals surface area contributed by atoms with Gasteiger partial charge in [0.05, 0.1) is 30.8 Å². The van der Waals surface area contributed by atoms with Crippen LogP contribution in [-0.2, 0) is 43.3 Å². The lowest BCUT2D eigenvalue weighted by atomic mass is 10.0. The van der Waals surface area contributed by atoms with Crippen LogP contribution in [0.1, 0.15) is 34.2 Å². The Morgan fingerprint density at radius 3 is 2.19 bits per heavy atom. The highest BCUT2D eigenvalue weighted by Gasteiger charge is 2.55. The van der Waals surface area contributed by atoms with Gasteiger partial charge in [-0.3, -0.25) is 24.3 Å². The monoisotopic (exact) mass is 747 g/mol. The first-order valence-electron chi connectivity index (χ1n) is 16.5. The van der Waals surface area contributed by atoms with Crippen LogP contribution in [-0.4, -0.2) is 55.7 Å². The second-order valence-electron chi connectivity index (χ2n) is 12.0. The standard InChI is InChI=1S/C39H33N5O5S3/c45-31(41-22-28-18-10-11-19-40-28)21-29-23-51-39(42-29)52-30-24-50-37-33(43-32(46)20-25-12-4-1-5-13-25)36(47)44(37)34(30)38(48)49-35(26-14-6-2-7-15-26)27-16-8-3-9-17-27/h1-19,23,33,35,37H,20-22,24H2,(H,41,45)(H,43,46)/t33-,37-/m1/s1. The molecular weight excluding hydrogens is 715 g/mol. The number of nitrogens with zero attached hydrogens (tertiary/aromatic N) is 3. The Hall–Kier alpha value is -5.24. The van der Waals surface area contributed by atoms with Gasteiger partial charge >= 0.3 is 5.97 Å². The molecule has 0 unspecified atom stereocenters. The maximum atomic E-state index is 14.3. The Morgan fingerprint density at radius 1 is 0.846 bits per heavy atom. The number of benzene rings is 3. The zero-order chi connectivity index (χ0) is 35.9. The van der Waals surface area contributed by atoms with E-state index in [1.165, 1.54) is 39.8 Å². The number of ether oxygens (including phenoxy) is 1. The fourth-order valence-corrected chi connectivity index (χ4v) is 9.32. The van der Waals surface area contributed by atoms with Crippen molar-refractivity contribution in [2.75, 3.05) is 5.75 Å². The molecule has 10 nitrogen and oxygen atoms in total. The Kier molecular flexibility index (Phi) is 11.1. The zero-order valence-electron chi connectivity index (χ0n) is 27.7. The third kappa shape index (κ3) is 8.28. The first-order chi connectivity index (χ1) is 25.4. The summed E-state index contributed by atoms with van der Waals surface area (Å²) in [7, 11) is 0. The molecule has 13 heteroatoms. The largest absolute Gasteiger partial charge is 0.448 e. The lowest BCUT2D eigenvalue weighted by Crippen LogP contribution is -2.70. The van der Waals surface area contributed by atoms with E-state index < -0.39 is 23.5 Å². The number of carbonyl (C=O) groups excluding carboxylic acids is 4. The average Bonchev–Trinajstić information content (AvgIpc) is 3.62. The molecule has 0 radical (unpaired) electrons. The minimum Gasteiger partial charge on any atom is -0.448 e. The summed E-state index contributed by atoms with van der Waals surface area (Å²) in [4.78, 5) is 64.7. The number of hydrogen-bond acceptors (Lipinski definition) is 10. The molecule has 3 aromatic carbocycles. The maximum absolute atomic E-state index is 14.3. The van der Waals surface area contributed by atoms with Crippen molar-refractivity contribution in [3.63, 3.8) is 0 Å². The molecule has 262 valence electrons. The Morgan fingerprint density at radius 2 is 1.52 bits per heavy atom. The zero-order valence-corrected chi connectivity index (χ0v) is 30.2. The summed E-state index contributed by atoms with van der Waals surface area (Å²) in [6.45, 7) is 0.312.